The quantitative estimate of drug-likeness (QED) is 0.232. The number of nitrogens with zero attached hydrogens (tertiary/aromatic N) is 5. The SMILES string of the molecule is Nc1ncnc2c1ncn2[C@@H]1O[C@H](CN(CCC2CCCNC2)CC[C@H](N)C(=O)O)[C@@H](O)[C@H]1O. The summed E-state index contributed by atoms with van der Waals surface area (Å²) >= 11 is 0. The van der Waals surface area contributed by atoms with Crippen LogP contribution < -0.4 is 16.8 Å². The van der Waals surface area contributed by atoms with Crippen molar-refractivity contribution in [3.05, 3.63) is 12.7 Å². The van der Waals surface area contributed by atoms with Crippen LogP contribution in [0.25, 0.3) is 11.2 Å². The number of aliphatic carboxylic acids is 1. The Hall–Kier alpha value is -2.42. The molecule has 0 spiro atoms. The van der Waals surface area contributed by atoms with Crippen LogP contribution in [0.5, 0.6) is 0 Å². The van der Waals surface area contributed by atoms with Crippen LogP contribution in [0.4, 0.5) is 5.82 Å². The van der Waals surface area contributed by atoms with Crippen molar-refractivity contribution in [1.29, 1.82) is 0 Å². The molecule has 0 aromatic carbocycles. The number of anilines is 1. The fourth-order valence-electron chi connectivity index (χ4n) is 4.70. The van der Waals surface area contributed by atoms with Crippen molar-refractivity contribution in [2.75, 3.05) is 38.5 Å². The summed E-state index contributed by atoms with van der Waals surface area (Å²) in [4.78, 5) is 25.6. The molecular weight excluding hydrogens is 444 g/mol. The number of hydrogen-bond acceptors (Lipinski definition) is 11. The molecule has 0 saturated carbocycles. The standard InChI is InChI=1S/C21H34N8O5/c22-13(21(32)33)4-7-28(6-3-12-2-1-5-24-8-12)9-14-16(30)17(31)20(34-14)29-11-27-15-18(23)25-10-26-19(15)29/h10-14,16-17,20,24,30-31H,1-9,22H2,(H,32,33)(H2,23,25,26)/t12?,13-,14+,16+,17+,20+/m0/s1. The highest BCUT2D eigenvalue weighted by Crippen LogP contribution is 2.32. The topological polar surface area (TPSA) is 198 Å². The van der Waals surface area contributed by atoms with Gasteiger partial charge in [0.1, 0.15) is 36.2 Å². The lowest BCUT2D eigenvalue weighted by molar-refractivity contribution is -0.138. The Morgan fingerprint density at radius 3 is 2.85 bits per heavy atom. The molecule has 8 N–H and O–H groups in total. The fourth-order valence-corrected chi connectivity index (χ4v) is 4.70. The highest BCUT2D eigenvalue weighted by molar-refractivity contribution is 5.81. The Labute approximate surface area is 197 Å². The van der Waals surface area contributed by atoms with E-state index in [1.165, 1.54) is 12.7 Å². The van der Waals surface area contributed by atoms with E-state index >= 15 is 0 Å². The average Bonchev–Trinajstić information content (AvgIpc) is 3.38. The third kappa shape index (κ3) is 5.45. The van der Waals surface area contributed by atoms with E-state index in [9.17, 15) is 15.0 Å². The van der Waals surface area contributed by atoms with Crippen LogP contribution in [0.2, 0.25) is 0 Å². The largest absolute Gasteiger partial charge is 0.480 e. The van der Waals surface area contributed by atoms with Crippen molar-refractivity contribution in [2.45, 2.75) is 56.3 Å². The molecule has 6 atom stereocenters. The van der Waals surface area contributed by atoms with Gasteiger partial charge < -0.3 is 41.7 Å². The maximum Gasteiger partial charge on any atom is 0.320 e. The number of carbonyl (C=O) groups is 1. The molecule has 2 aromatic rings. The van der Waals surface area contributed by atoms with Crippen molar-refractivity contribution in [3.63, 3.8) is 0 Å². The van der Waals surface area contributed by atoms with E-state index in [0.29, 0.717) is 36.7 Å². The monoisotopic (exact) mass is 478 g/mol. The minimum Gasteiger partial charge on any atom is -0.480 e. The molecule has 4 heterocycles. The molecule has 34 heavy (non-hydrogen) atoms. The van der Waals surface area contributed by atoms with Crippen molar-refractivity contribution in [1.82, 2.24) is 29.7 Å². The molecule has 4 rings (SSSR count). The first kappa shape index (κ1) is 24.7. The second kappa shape index (κ2) is 10.9. The van der Waals surface area contributed by atoms with Crippen molar-refractivity contribution >= 4 is 23.0 Å². The number of aromatic nitrogens is 4. The van der Waals surface area contributed by atoms with Crippen LogP contribution in [-0.4, -0.2) is 103 Å². The Morgan fingerprint density at radius 2 is 2.12 bits per heavy atom. The third-order valence-electron chi connectivity index (χ3n) is 6.76. The van der Waals surface area contributed by atoms with Crippen LogP contribution in [0.3, 0.4) is 0 Å². The highest BCUT2D eigenvalue weighted by atomic mass is 16.6. The van der Waals surface area contributed by atoms with Crippen molar-refractivity contribution in [3.8, 4) is 0 Å². The van der Waals surface area contributed by atoms with E-state index < -0.39 is 36.6 Å². The molecule has 2 aromatic heterocycles. The number of fused-ring (bicyclic) bond motifs is 1. The number of carboxylic acids is 1. The van der Waals surface area contributed by atoms with Crippen LogP contribution in [-0.2, 0) is 9.53 Å². The molecule has 2 aliphatic rings. The number of carboxylic acid groups (broad SMARTS) is 1. The summed E-state index contributed by atoms with van der Waals surface area (Å²) in [7, 11) is 0. The molecular formula is C21H34N8O5. The summed E-state index contributed by atoms with van der Waals surface area (Å²) in [6.45, 7) is 3.48. The molecule has 0 aliphatic carbocycles. The lowest BCUT2D eigenvalue weighted by atomic mass is 9.96. The summed E-state index contributed by atoms with van der Waals surface area (Å²) in [5.41, 5.74) is 12.4. The molecule has 13 nitrogen and oxygen atoms in total. The normalized spacial score (nSPS) is 28.5. The van der Waals surface area contributed by atoms with Gasteiger partial charge in [-0.05, 0) is 51.2 Å². The number of piperidine rings is 1. The van der Waals surface area contributed by atoms with Gasteiger partial charge in [0.25, 0.3) is 0 Å². The van der Waals surface area contributed by atoms with Gasteiger partial charge in [-0.3, -0.25) is 9.36 Å². The smallest absolute Gasteiger partial charge is 0.320 e. The van der Waals surface area contributed by atoms with E-state index in [1.54, 1.807) is 4.57 Å². The minimum absolute atomic E-state index is 0.214. The second-order valence-electron chi connectivity index (χ2n) is 9.16. The maximum absolute atomic E-state index is 11.2. The Bertz CT molecular complexity index is 968. The molecule has 13 heteroatoms. The summed E-state index contributed by atoms with van der Waals surface area (Å²) in [6.07, 6.45) is 2.32. The van der Waals surface area contributed by atoms with Gasteiger partial charge in [0.15, 0.2) is 17.7 Å². The van der Waals surface area contributed by atoms with Crippen molar-refractivity contribution in [2.24, 2.45) is 11.7 Å². The van der Waals surface area contributed by atoms with Crippen LogP contribution >= 0.6 is 0 Å². The zero-order valence-corrected chi connectivity index (χ0v) is 19.0. The molecule has 0 amide bonds. The maximum atomic E-state index is 11.2. The first-order valence-corrected chi connectivity index (χ1v) is 11.7. The lowest BCUT2D eigenvalue weighted by Gasteiger charge is -2.30. The predicted molar refractivity (Wildman–Crippen MR) is 123 cm³/mol. The predicted octanol–water partition coefficient (Wildman–Crippen LogP) is -1.48. The first-order chi connectivity index (χ1) is 16.3. The van der Waals surface area contributed by atoms with Crippen LogP contribution in [0, 0.1) is 5.92 Å². The van der Waals surface area contributed by atoms with Crippen LogP contribution in [0.1, 0.15) is 31.9 Å². The fraction of sp³-hybridized carbons (Fsp3) is 0.714. The lowest BCUT2D eigenvalue weighted by Crippen LogP contribution is -2.43. The third-order valence-corrected chi connectivity index (χ3v) is 6.76. The van der Waals surface area contributed by atoms with Gasteiger partial charge in [-0.1, -0.05) is 0 Å². The summed E-state index contributed by atoms with van der Waals surface area (Å²) < 4.78 is 7.62. The number of aliphatic hydroxyl groups excluding tert-OH is 2. The molecule has 1 unspecified atom stereocenters. The second-order valence-corrected chi connectivity index (χ2v) is 9.16. The Morgan fingerprint density at radius 1 is 1.29 bits per heavy atom. The number of ether oxygens (including phenoxy) is 1. The number of imidazole rings is 1. The summed E-state index contributed by atoms with van der Waals surface area (Å²) in [6, 6.07) is -0.964. The van der Waals surface area contributed by atoms with Gasteiger partial charge in [0.2, 0.25) is 0 Å². The number of rotatable bonds is 10. The average molecular weight is 479 g/mol. The molecule has 0 radical (unpaired) electrons. The van der Waals surface area contributed by atoms with E-state index in [-0.39, 0.29) is 12.2 Å². The zero-order valence-electron chi connectivity index (χ0n) is 19.0. The van der Waals surface area contributed by atoms with Crippen molar-refractivity contribution < 1.29 is 24.9 Å². The van der Waals surface area contributed by atoms with E-state index in [4.69, 9.17) is 21.3 Å². The molecule has 188 valence electrons. The van der Waals surface area contributed by atoms with Gasteiger partial charge >= 0.3 is 5.97 Å². The molecule has 2 fully saturated rings. The number of aliphatic hydroxyl groups is 2. The van der Waals surface area contributed by atoms with Gasteiger partial charge in [-0.2, -0.15) is 0 Å². The zero-order chi connectivity index (χ0) is 24.2. The molecule has 0 bridgehead atoms. The summed E-state index contributed by atoms with van der Waals surface area (Å²) in [5.74, 6) is -0.289. The number of hydrogen-bond donors (Lipinski definition) is 6. The Kier molecular flexibility index (Phi) is 7.91. The van der Waals surface area contributed by atoms with E-state index in [2.05, 4.69) is 25.2 Å². The first-order valence-electron chi connectivity index (χ1n) is 11.7. The van der Waals surface area contributed by atoms with Gasteiger partial charge in [0, 0.05) is 13.1 Å². The summed E-state index contributed by atoms with van der Waals surface area (Å²) in [5, 5.41) is 34.1. The molecule has 2 saturated heterocycles. The van der Waals surface area contributed by atoms with E-state index in [0.717, 1.165) is 32.4 Å². The number of nitrogen functional groups attached to an aromatic ring is 1. The minimum atomic E-state index is -1.20. The van der Waals surface area contributed by atoms with Crippen LogP contribution in [0.15, 0.2) is 12.7 Å². The highest BCUT2D eigenvalue weighted by Gasteiger charge is 2.45. The number of nitrogens with one attached hydrogen (secondary N) is 1. The van der Waals surface area contributed by atoms with Gasteiger partial charge in [-0.25, -0.2) is 15.0 Å². The number of nitrogens with two attached hydrogens (primary N) is 2. The molecule has 2 aliphatic heterocycles. The van der Waals surface area contributed by atoms with Gasteiger partial charge in [0.05, 0.1) is 6.33 Å². The van der Waals surface area contributed by atoms with Gasteiger partial charge in [-0.15, -0.1) is 0 Å². The Balaban J connectivity index is 1.44. The van der Waals surface area contributed by atoms with E-state index in [1.807, 2.05) is 0 Å².